The number of alkyl halides is 3. The van der Waals surface area contributed by atoms with Crippen LogP contribution in [-0.2, 0) is 11.6 Å². The van der Waals surface area contributed by atoms with Crippen LogP contribution in [0.5, 0.6) is 11.5 Å². The Morgan fingerprint density at radius 3 is 1.80 bits per heavy atom. The van der Waals surface area contributed by atoms with E-state index in [4.69, 9.17) is 10.5 Å². The summed E-state index contributed by atoms with van der Waals surface area (Å²) in [5.41, 5.74) is 6.66. The van der Waals surface area contributed by atoms with Gasteiger partial charge in [-0.25, -0.2) is 0 Å². The van der Waals surface area contributed by atoms with Gasteiger partial charge in [0.1, 0.15) is 17.6 Å². The molecule has 0 unspecified atom stereocenters. The molecule has 0 bridgehead atoms. The zero-order valence-electron chi connectivity index (χ0n) is 22.4. The summed E-state index contributed by atoms with van der Waals surface area (Å²) in [5, 5.41) is 21.5. The first kappa shape index (κ1) is 30.2. The van der Waals surface area contributed by atoms with Gasteiger partial charge < -0.3 is 25.5 Å². The number of anilines is 1. The fraction of sp³-hybridized carbons (Fsp3) is 0.219. The molecule has 4 rings (SSSR count). The highest BCUT2D eigenvalue weighted by Crippen LogP contribution is 2.37. The van der Waals surface area contributed by atoms with E-state index in [1.54, 1.807) is 6.07 Å². The minimum absolute atomic E-state index is 0.0490. The number of aromatic carboxylic acids is 1. The molecule has 0 aromatic heterocycles. The molecule has 0 aliphatic carbocycles. The van der Waals surface area contributed by atoms with E-state index in [1.165, 1.54) is 12.1 Å². The number of halogens is 3. The van der Waals surface area contributed by atoms with Crippen molar-refractivity contribution in [2.45, 2.75) is 44.9 Å². The Labute approximate surface area is 231 Å². The van der Waals surface area contributed by atoms with Crippen LogP contribution in [0.2, 0.25) is 0 Å². The molecule has 0 atom stereocenters. The quantitative estimate of drug-likeness (QED) is 0.244. The summed E-state index contributed by atoms with van der Waals surface area (Å²) in [7, 11) is 0. The largest absolute Gasteiger partial charge is 0.545 e. The lowest BCUT2D eigenvalue weighted by Crippen LogP contribution is -2.24. The van der Waals surface area contributed by atoms with Gasteiger partial charge in [0.15, 0.2) is 0 Å². The predicted octanol–water partition coefficient (Wildman–Crippen LogP) is 6.90. The van der Waals surface area contributed by atoms with Crippen molar-refractivity contribution >= 4 is 11.7 Å². The molecule has 8 heteroatoms. The van der Waals surface area contributed by atoms with Crippen molar-refractivity contribution < 1.29 is 32.9 Å². The zero-order valence-corrected chi connectivity index (χ0v) is 22.4. The molecule has 0 saturated carbocycles. The fourth-order valence-corrected chi connectivity index (χ4v) is 3.80. The van der Waals surface area contributed by atoms with Crippen LogP contribution in [0, 0.1) is 0 Å². The number of aliphatic hydroxyl groups excluding tert-OH is 1. The third-order valence-corrected chi connectivity index (χ3v) is 6.65. The Morgan fingerprint density at radius 2 is 1.35 bits per heavy atom. The summed E-state index contributed by atoms with van der Waals surface area (Å²) < 4.78 is 43.6. The van der Waals surface area contributed by atoms with Gasteiger partial charge >= 0.3 is 6.18 Å². The highest BCUT2D eigenvalue weighted by molar-refractivity contribution is 5.89. The summed E-state index contributed by atoms with van der Waals surface area (Å²) in [6.07, 6.45) is -4.26. The Bertz CT molecular complexity index is 1380. The first-order valence-electron chi connectivity index (χ1n) is 12.6. The first-order chi connectivity index (χ1) is 18.8. The zero-order chi connectivity index (χ0) is 29.5. The molecule has 0 aliphatic rings. The van der Waals surface area contributed by atoms with Gasteiger partial charge in [0.05, 0.1) is 17.2 Å². The van der Waals surface area contributed by atoms with Gasteiger partial charge in [0.25, 0.3) is 0 Å². The molecule has 40 heavy (non-hydrogen) atoms. The van der Waals surface area contributed by atoms with E-state index in [2.05, 4.69) is 0 Å². The van der Waals surface area contributed by atoms with Crippen LogP contribution in [0.3, 0.4) is 0 Å². The number of aliphatic hydroxyl groups is 1. The molecule has 4 aromatic rings. The van der Waals surface area contributed by atoms with Gasteiger partial charge in [0.2, 0.25) is 0 Å². The topological polar surface area (TPSA) is 95.6 Å². The number of carboxylic acid groups (broad SMARTS) is 1. The second kappa shape index (κ2) is 12.7. The van der Waals surface area contributed by atoms with Crippen LogP contribution in [-0.4, -0.2) is 11.1 Å². The second-order valence-corrected chi connectivity index (χ2v) is 9.81. The molecule has 3 N–H and O–H groups in total. The van der Waals surface area contributed by atoms with Gasteiger partial charge in [-0.05, 0) is 58.9 Å². The number of rotatable bonds is 7. The molecule has 4 aromatic carbocycles. The maximum absolute atomic E-state index is 12.7. The molecular formula is C32H31F3NO4-. The number of carbonyl (C=O) groups excluding carboxylic acids is 1. The second-order valence-electron chi connectivity index (χ2n) is 9.81. The monoisotopic (exact) mass is 550 g/mol. The van der Waals surface area contributed by atoms with Crippen molar-refractivity contribution in [3.63, 3.8) is 0 Å². The smallest absolute Gasteiger partial charge is 0.416 e. The lowest BCUT2D eigenvalue weighted by atomic mass is 9.81. The molecule has 0 fully saturated rings. The highest BCUT2D eigenvalue weighted by Gasteiger charge is 2.31. The number of hydrogen-bond acceptors (Lipinski definition) is 5. The number of nitrogens with two attached hydrogens (primary N) is 1. The van der Waals surface area contributed by atoms with Gasteiger partial charge in [-0.3, -0.25) is 0 Å². The van der Waals surface area contributed by atoms with E-state index in [0.717, 1.165) is 41.3 Å². The van der Waals surface area contributed by atoms with Crippen molar-refractivity contribution in [3.05, 3.63) is 125 Å². The lowest BCUT2D eigenvalue weighted by molar-refractivity contribution is -0.255. The molecule has 0 saturated heterocycles. The normalized spacial score (nSPS) is 11.5. The van der Waals surface area contributed by atoms with Gasteiger partial charge in [0, 0.05) is 5.56 Å². The van der Waals surface area contributed by atoms with Gasteiger partial charge in [-0.1, -0.05) is 87.5 Å². The average Bonchev–Trinajstić information content (AvgIpc) is 2.94. The Hall–Kier alpha value is -4.30. The van der Waals surface area contributed by atoms with Crippen molar-refractivity contribution in [2.75, 3.05) is 5.73 Å². The van der Waals surface area contributed by atoms with E-state index in [1.807, 2.05) is 81.4 Å². The number of ether oxygens (including phenoxy) is 1. The molecule has 0 heterocycles. The van der Waals surface area contributed by atoms with E-state index in [-0.39, 0.29) is 28.2 Å². The summed E-state index contributed by atoms with van der Waals surface area (Å²) in [4.78, 5) is 11.5. The number of carbonyl (C=O) groups is 1. The molecular weight excluding hydrogens is 519 g/mol. The fourth-order valence-electron chi connectivity index (χ4n) is 3.80. The number of hydrogen-bond donors (Lipinski definition) is 2. The summed E-state index contributed by atoms with van der Waals surface area (Å²) in [6.45, 7) is 5.91. The minimum Gasteiger partial charge on any atom is -0.545 e. The van der Waals surface area contributed by atoms with Crippen LogP contribution >= 0.6 is 0 Å². The number of benzene rings is 4. The summed E-state index contributed by atoms with van der Waals surface area (Å²) >= 11 is 0. The van der Waals surface area contributed by atoms with Crippen LogP contribution in [0.1, 0.15) is 65.9 Å². The van der Waals surface area contributed by atoms with E-state index < -0.39 is 23.8 Å². The summed E-state index contributed by atoms with van der Waals surface area (Å²) in [6, 6.07) is 26.6. The van der Waals surface area contributed by atoms with Gasteiger partial charge in [-0.2, -0.15) is 13.2 Å². The molecule has 0 aliphatic heterocycles. The van der Waals surface area contributed by atoms with Crippen LogP contribution in [0.15, 0.2) is 97.1 Å². The SMILES string of the molecule is CCC(C)(C)c1ccc(Oc2ccc(C(F)(F)F)cc2N)c(C(=O)[O-])c1.OC(c1ccccc1)c1ccccc1. The minimum atomic E-state index is -4.53. The molecule has 0 radical (unpaired) electrons. The Balaban J connectivity index is 0.000000263. The van der Waals surface area contributed by atoms with E-state index in [9.17, 15) is 28.2 Å². The maximum atomic E-state index is 12.7. The molecule has 210 valence electrons. The number of nitrogen functional groups attached to an aromatic ring is 1. The third kappa shape index (κ3) is 7.64. The van der Waals surface area contributed by atoms with Crippen molar-refractivity contribution in [1.29, 1.82) is 0 Å². The van der Waals surface area contributed by atoms with Crippen molar-refractivity contribution in [3.8, 4) is 11.5 Å². The van der Waals surface area contributed by atoms with Crippen LogP contribution < -0.4 is 15.6 Å². The Kier molecular flexibility index (Phi) is 9.60. The van der Waals surface area contributed by atoms with Crippen LogP contribution in [0.25, 0.3) is 0 Å². The highest BCUT2D eigenvalue weighted by atomic mass is 19.4. The van der Waals surface area contributed by atoms with Gasteiger partial charge in [-0.15, -0.1) is 0 Å². The standard InChI is InChI=1S/C19H20F3NO3.C13H12O/c1-4-18(2,3)11-5-7-15(13(9-11)17(24)25)26-16-8-6-12(10-14(16)23)19(20,21)22;14-13(11-7-3-1-4-8-11)12-9-5-2-6-10-12/h5-10H,4,23H2,1-3H3,(H,24,25);1-10,13-14H/p-1. The predicted molar refractivity (Wildman–Crippen MR) is 147 cm³/mol. The van der Waals surface area contributed by atoms with E-state index >= 15 is 0 Å². The lowest BCUT2D eigenvalue weighted by Gasteiger charge is -2.25. The molecule has 5 nitrogen and oxygen atoms in total. The van der Waals surface area contributed by atoms with Crippen LogP contribution in [0.4, 0.5) is 18.9 Å². The molecule has 0 amide bonds. The molecule has 0 spiro atoms. The van der Waals surface area contributed by atoms with E-state index in [0.29, 0.717) is 0 Å². The number of carboxylic acids is 1. The average molecular weight is 551 g/mol. The van der Waals surface area contributed by atoms with Crippen molar-refractivity contribution in [1.82, 2.24) is 0 Å². The first-order valence-corrected chi connectivity index (χ1v) is 12.6. The Morgan fingerprint density at radius 1 is 0.850 bits per heavy atom. The maximum Gasteiger partial charge on any atom is 0.416 e. The third-order valence-electron chi connectivity index (χ3n) is 6.65. The summed E-state index contributed by atoms with van der Waals surface area (Å²) in [5.74, 6) is -1.56. The van der Waals surface area contributed by atoms with Crippen molar-refractivity contribution in [2.24, 2.45) is 0 Å².